The van der Waals surface area contributed by atoms with Crippen LogP contribution in [0.1, 0.15) is 6.92 Å². The largest absolute Gasteiger partial charge is 1.00 e. The van der Waals surface area contributed by atoms with E-state index in [1.165, 1.54) is 0 Å². The third kappa shape index (κ3) is 37.7. The zero-order valence-corrected chi connectivity index (χ0v) is 15.1. The van der Waals surface area contributed by atoms with Gasteiger partial charge in [-0.15, -0.1) is 0 Å². The molecule has 0 saturated carbocycles. The van der Waals surface area contributed by atoms with Crippen LogP contribution in [0, 0.1) is 0 Å². The van der Waals surface area contributed by atoms with Gasteiger partial charge in [-0.3, -0.25) is 0 Å². The van der Waals surface area contributed by atoms with Crippen molar-refractivity contribution in [3.05, 3.63) is 0 Å². The number of hydrogen-bond acceptors (Lipinski definition) is 6. The zero-order valence-electron chi connectivity index (χ0n) is 7.09. The molecule has 2 unspecified atom stereocenters. The van der Waals surface area contributed by atoms with Crippen LogP contribution in [-0.2, 0) is 13.4 Å². The molecule has 0 aliphatic carbocycles. The van der Waals surface area contributed by atoms with Crippen LogP contribution in [0.3, 0.4) is 0 Å². The Labute approximate surface area is 157 Å². The summed E-state index contributed by atoms with van der Waals surface area (Å²) in [6, 6.07) is 0. The van der Waals surface area contributed by atoms with Crippen molar-refractivity contribution in [2.45, 2.75) is 6.92 Å². The van der Waals surface area contributed by atoms with E-state index in [1.54, 1.807) is 6.92 Å². The molecule has 0 aromatic rings. The molecular formula is C2H6K2O6P2+2. The molecule has 10 heteroatoms. The predicted molar refractivity (Wildman–Crippen MR) is 29.1 cm³/mol. The molecule has 0 rings (SSSR count). The van der Waals surface area contributed by atoms with Crippen LogP contribution in [0.4, 0.5) is 0 Å². The van der Waals surface area contributed by atoms with Gasteiger partial charge >= 0.3 is 119 Å². The first-order valence-electron chi connectivity index (χ1n) is 2.12. The van der Waals surface area contributed by atoms with Gasteiger partial charge in [-0.05, 0) is 16.1 Å². The van der Waals surface area contributed by atoms with E-state index in [0.29, 0.717) is 0 Å². The quantitative estimate of drug-likeness (QED) is 0.393. The molecule has 0 aromatic heterocycles. The Morgan fingerprint density at radius 3 is 1.42 bits per heavy atom. The molecule has 0 bridgehead atoms. The number of hydrogen-bond donors (Lipinski definition) is 1. The van der Waals surface area contributed by atoms with Gasteiger partial charge in [-0.25, -0.2) is 0 Å². The fourth-order valence-corrected chi connectivity index (χ4v) is 0.490. The zero-order chi connectivity index (χ0) is 8.57. The van der Waals surface area contributed by atoms with Crippen LogP contribution in [-0.4, -0.2) is 11.7 Å². The van der Waals surface area contributed by atoms with Crippen LogP contribution in [0.5, 0.6) is 0 Å². The van der Waals surface area contributed by atoms with Crippen LogP contribution in [0.15, 0.2) is 0 Å². The third-order valence-corrected chi connectivity index (χ3v) is 1.20. The summed E-state index contributed by atoms with van der Waals surface area (Å²) >= 11 is 0. The minimum atomic E-state index is -3.24. The number of aliphatic hydroxyl groups is 1. The van der Waals surface area contributed by atoms with Gasteiger partial charge in [-0.1, -0.05) is 0 Å². The maximum Gasteiger partial charge on any atom is 1.00 e. The Kier molecular flexibility index (Phi) is 40.5. The summed E-state index contributed by atoms with van der Waals surface area (Å²) in [4.78, 5) is 18.5. The van der Waals surface area contributed by atoms with E-state index >= 15 is 0 Å². The van der Waals surface area contributed by atoms with Gasteiger partial charge in [0.2, 0.25) is 0 Å². The normalized spacial score (nSPS) is 9.33. The van der Waals surface area contributed by atoms with Crippen molar-refractivity contribution >= 4 is 16.5 Å². The van der Waals surface area contributed by atoms with Crippen molar-refractivity contribution in [3.63, 3.8) is 0 Å². The molecule has 0 saturated heterocycles. The molecule has 0 aliphatic heterocycles. The van der Waals surface area contributed by atoms with E-state index < -0.39 is 16.5 Å². The molecule has 0 radical (unpaired) electrons. The standard InChI is InChI=1S/C2H6O.2K.O5P2/c1-2-3;;;1-6(2)5-7(3)4/h3H,2H2,1H3;;;/q;2*+1;. The summed E-state index contributed by atoms with van der Waals surface area (Å²) in [7, 11) is -6.47. The van der Waals surface area contributed by atoms with Gasteiger partial charge in [0.05, 0.1) is 0 Å². The van der Waals surface area contributed by atoms with Gasteiger partial charge in [0.1, 0.15) is 4.31 Å². The van der Waals surface area contributed by atoms with E-state index in [0.717, 1.165) is 0 Å². The minimum Gasteiger partial charge on any atom is -0.563 e. The molecule has 0 amide bonds. The van der Waals surface area contributed by atoms with Crippen LogP contribution >= 0.6 is 16.5 Å². The Bertz CT molecular complexity index is 108. The van der Waals surface area contributed by atoms with Crippen molar-refractivity contribution in [2.75, 3.05) is 6.61 Å². The molecule has 0 fully saturated rings. The number of aliphatic hydroxyl groups excluding tert-OH is 1. The molecule has 60 valence electrons. The molecule has 1 N–H and O–H groups in total. The van der Waals surface area contributed by atoms with Crippen molar-refractivity contribution < 1.29 is 131 Å². The second kappa shape index (κ2) is 19.8. The van der Waals surface area contributed by atoms with Crippen molar-refractivity contribution in [1.82, 2.24) is 0 Å². The fourth-order valence-electron chi connectivity index (χ4n) is 0.0544. The Morgan fingerprint density at radius 2 is 1.42 bits per heavy atom. The van der Waals surface area contributed by atoms with Crippen molar-refractivity contribution in [1.29, 1.82) is 0 Å². The van der Waals surface area contributed by atoms with Crippen molar-refractivity contribution in [2.24, 2.45) is 0 Å². The first kappa shape index (κ1) is 24.5. The maximum absolute atomic E-state index is 9.24. The third-order valence-electron chi connectivity index (χ3n) is 0.133. The van der Waals surface area contributed by atoms with E-state index in [1.807, 2.05) is 0 Å². The summed E-state index contributed by atoms with van der Waals surface area (Å²) in [5.41, 5.74) is 0. The summed E-state index contributed by atoms with van der Waals surface area (Å²) in [5.74, 6) is 0. The van der Waals surface area contributed by atoms with Crippen LogP contribution in [0.2, 0.25) is 0 Å². The van der Waals surface area contributed by atoms with Gasteiger partial charge in [-0.2, -0.15) is 0 Å². The molecule has 0 aliphatic rings. The summed E-state index contributed by atoms with van der Waals surface area (Å²) in [6.07, 6.45) is 0. The predicted octanol–water partition coefficient (Wildman–Crippen LogP) is -6.95. The molecule has 0 spiro atoms. The van der Waals surface area contributed by atoms with E-state index in [4.69, 9.17) is 5.11 Å². The molecule has 12 heavy (non-hydrogen) atoms. The molecule has 6 nitrogen and oxygen atoms in total. The van der Waals surface area contributed by atoms with Crippen LogP contribution < -0.4 is 113 Å². The molecular weight excluding hydrogens is 260 g/mol. The van der Waals surface area contributed by atoms with E-state index in [-0.39, 0.29) is 109 Å². The van der Waals surface area contributed by atoms with E-state index in [9.17, 15) is 18.9 Å². The topological polar surface area (TPSA) is 110 Å². The Morgan fingerprint density at radius 1 is 1.25 bits per heavy atom. The second-order valence-corrected chi connectivity index (χ2v) is 2.39. The van der Waals surface area contributed by atoms with Gasteiger partial charge < -0.3 is 14.9 Å². The monoisotopic (exact) mass is 266 g/mol. The molecule has 2 atom stereocenters. The molecule has 0 heterocycles. The first-order chi connectivity index (χ1) is 4.54. The number of rotatable bonds is 2. The van der Waals surface area contributed by atoms with E-state index in [2.05, 4.69) is 4.31 Å². The van der Waals surface area contributed by atoms with Crippen molar-refractivity contribution in [3.8, 4) is 0 Å². The maximum atomic E-state index is 9.24. The smallest absolute Gasteiger partial charge is 0.563 e. The summed E-state index contributed by atoms with van der Waals surface area (Å²) in [6.45, 7) is 1.93. The van der Waals surface area contributed by atoms with Gasteiger partial charge in [0.15, 0.2) is 0 Å². The van der Waals surface area contributed by atoms with Gasteiger partial charge in [0, 0.05) is 6.61 Å². The summed E-state index contributed by atoms with van der Waals surface area (Å²) in [5, 5.41) is 7.57. The minimum absolute atomic E-state index is 0. The Hall–Kier alpha value is 3.31. The fraction of sp³-hybridized carbons (Fsp3) is 1.00. The average molecular weight is 266 g/mol. The summed E-state index contributed by atoms with van der Waals surface area (Å²) < 4.78 is 21.6. The van der Waals surface area contributed by atoms with Crippen LogP contribution in [0.25, 0.3) is 0 Å². The SMILES string of the molecule is CCO.O=[P+]([O-])O[P+](=O)[O-].[K+].[K+]. The molecule has 0 aromatic carbocycles. The first-order valence-corrected chi connectivity index (χ1v) is 4.31. The van der Waals surface area contributed by atoms with Gasteiger partial charge in [0.25, 0.3) is 0 Å². The second-order valence-electron chi connectivity index (χ2n) is 0.845. The average Bonchev–Trinajstić information content (AvgIpc) is 1.62. The Balaban J connectivity index is -0.0000000569.